The number of allylic oxidation sites excluding steroid dienone is 2. The molecule has 1 aliphatic heterocycles. The van der Waals surface area contributed by atoms with Crippen LogP contribution in [0.3, 0.4) is 0 Å². The summed E-state index contributed by atoms with van der Waals surface area (Å²) in [5.74, 6) is 0. The molecule has 3 unspecified atom stereocenters. The van der Waals surface area contributed by atoms with Gasteiger partial charge in [0.1, 0.15) is 0 Å². The maximum Gasteiger partial charge on any atom is -1.00 e. The molecule has 0 saturated heterocycles. The van der Waals surface area contributed by atoms with Crippen molar-refractivity contribution in [3.8, 4) is 22.3 Å². The van der Waals surface area contributed by atoms with Crippen LogP contribution in [0, 0.1) is 0 Å². The molecule has 4 aromatic rings. The third-order valence-corrected chi connectivity index (χ3v) is 15.7. The van der Waals surface area contributed by atoms with Gasteiger partial charge in [-0.05, 0) is 0 Å². The van der Waals surface area contributed by atoms with E-state index >= 15 is 0 Å². The van der Waals surface area contributed by atoms with Gasteiger partial charge >= 0.3 is 229 Å². The molecule has 38 heavy (non-hydrogen) atoms. The van der Waals surface area contributed by atoms with E-state index < -0.39 is 23.2 Å². The standard InChI is InChI=1S/C19H18P.C15H11.2FH.Zr/c1-2-3-11-20-15-12-14-7-6-9-16(18(14)13-15)17-8-4-5-10-19(17)20;1-2-6-12(7-3-1)14-10-4-8-13-9-5-11-15(13)14;;;/h4-10,12-13H,2-3,11H2,1H3;1-11H;2*1H;/q;;;;+2/p-2. The van der Waals surface area contributed by atoms with Crippen LogP contribution in [0.5, 0.6) is 0 Å². The topological polar surface area (TPSA) is 0 Å². The summed E-state index contributed by atoms with van der Waals surface area (Å²) < 4.78 is 1.31. The van der Waals surface area contributed by atoms with E-state index in [1.54, 1.807) is 21.7 Å². The first-order chi connectivity index (χ1) is 17.8. The molecule has 4 aromatic carbocycles. The van der Waals surface area contributed by atoms with Crippen LogP contribution in [-0.2, 0) is 23.2 Å². The third-order valence-electron chi connectivity index (χ3n) is 7.93. The average Bonchev–Trinajstić information content (AvgIpc) is 3.47. The zero-order chi connectivity index (χ0) is 24.1. The molecule has 0 spiro atoms. The van der Waals surface area contributed by atoms with Crippen molar-refractivity contribution in [2.45, 2.75) is 27.0 Å². The molecule has 188 valence electrons. The zero-order valence-corrected chi connectivity index (χ0v) is 24.7. The number of benzene rings is 4. The normalized spacial score (nSPS) is 19.3. The first kappa shape index (κ1) is 27.1. The van der Waals surface area contributed by atoms with Crippen molar-refractivity contribution in [1.82, 2.24) is 0 Å². The second kappa shape index (κ2) is 11.3. The van der Waals surface area contributed by atoms with Crippen molar-refractivity contribution in [1.29, 1.82) is 0 Å². The summed E-state index contributed by atoms with van der Waals surface area (Å²) in [5, 5.41) is 3.42. The third kappa shape index (κ3) is 4.43. The van der Waals surface area contributed by atoms with Crippen LogP contribution in [0.15, 0.2) is 102 Å². The van der Waals surface area contributed by atoms with Gasteiger partial charge in [0.05, 0.1) is 0 Å². The summed E-state index contributed by atoms with van der Waals surface area (Å²) >= 11 is -0.853. The van der Waals surface area contributed by atoms with E-state index in [4.69, 9.17) is 0 Å². The summed E-state index contributed by atoms with van der Waals surface area (Å²) in [5.41, 5.74) is 11.9. The Labute approximate surface area is 237 Å². The summed E-state index contributed by atoms with van der Waals surface area (Å²) in [7, 11) is -0.273. The molecular formula is C34H29F2PZr. The van der Waals surface area contributed by atoms with E-state index in [0.717, 1.165) is 0 Å². The first-order valence-corrected chi connectivity index (χ1v) is 17.5. The second-order valence-electron chi connectivity index (χ2n) is 10.0. The minimum atomic E-state index is -0.853. The molecule has 2 aliphatic carbocycles. The van der Waals surface area contributed by atoms with Crippen molar-refractivity contribution < 1.29 is 32.6 Å². The van der Waals surface area contributed by atoms with Crippen LogP contribution in [0.4, 0.5) is 0 Å². The van der Waals surface area contributed by atoms with E-state index in [1.807, 2.05) is 0 Å². The molecule has 0 nitrogen and oxygen atoms in total. The molecule has 0 aromatic heterocycles. The van der Waals surface area contributed by atoms with Crippen molar-refractivity contribution in [2.24, 2.45) is 0 Å². The van der Waals surface area contributed by atoms with E-state index in [9.17, 15) is 0 Å². The van der Waals surface area contributed by atoms with Crippen molar-refractivity contribution in [3.63, 3.8) is 0 Å². The van der Waals surface area contributed by atoms with Gasteiger partial charge in [-0.3, -0.25) is 0 Å². The summed E-state index contributed by atoms with van der Waals surface area (Å²) in [4.78, 5) is 0. The van der Waals surface area contributed by atoms with Gasteiger partial charge in [-0.15, -0.1) is 0 Å². The predicted molar refractivity (Wildman–Crippen MR) is 153 cm³/mol. The number of fused-ring (bicyclic) bond motifs is 3. The Bertz CT molecular complexity index is 1530. The minimum absolute atomic E-state index is 0. The smallest absolute Gasteiger partial charge is 1.00 e. The van der Waals surface area contributed by atoms with Crippen LogP contribution >= 0.6 is 7.92 Å². The first-order valence-electron chi connectivity index (χ1n) is 13.2. The van der Waals surface area contributed by atoms with E-state index in [2.05, 4.69) is 116 Å². The average molecular weight is 598 g/mol. The quantitative estimate of drug-likeness (QED) is 0.300. The molecule has 2 bridgehead atoms. The van der Waals surface area contributed by atoms with Crippen LogP contribution in [0.1, 0.15) is 49.3 Å². The van der Waals surface area contributed by atoms with Gasteiger partial charge in [0, 0.05) is 0 Å². The molecule has 7 rings (SSSR count). The molecule has 0 radical (unpaired) electrons. The van der Waals surface area contributed by atoms with Crippen LogP contribution in [-0.4, -0.2) is 6.16 Å². The van der Waals surface area contributed by atoms with E-state index in [-0.39, 0.29) is 17.3 Å². The van der Waals surface area contributed by atoms with Gasteiger partial charge in [-0.25, -0.2) is 0 Å². The van der Waals surface area contributed by atoms with Gasteiger partial charge in [0.2, 0.25) is 0 Å². The minimum Gasteiger partial charge on any atom is -1.00 e. The SMILES string of the molecule is CCCCP1C2=Cc3c(cccc3[CH]2[Zr+2][CH]2C=Cc3c(-c4ccccc4)cccc32)-c2ccccc21.[F-].[F-]. The predicted octanol–water partition coefficient (Wildman–Crippen LogP) is 3.20. The summed E-state index contributed by atoms with van der Waals surface area (Å²) in [6, 6.07) is 34.4. The van der Waals surface area contributed by atoms with E-state index in [0.29, 0.717) is 7.25 Å². The monoisotopic (exact) mass is 596 g/mol. The van der Waals surface area contributed by atoms with Gasteiger partial charge in [0.25, 0.3) is 0 Å². The van der Waals surface area contributed by atoms with Crippen molar-refractivity contribution in [3.05, 3.63) is 125 Å². The number of halogens is 2. The Kier molecular flexibility index (Phi) is 8.09. The fourth-order valence-corrected chi connectivity index (χ4v) is 14.8. The molecule has 3 aliphatic rings. The van der Waals surface area contributed by atoms with Gasteiger partial charge in [-0.2, -0.15) is 0 Å². The fraction of sp³-hybridized carbons (Fsp3) is 0.176. The van der Waals surface area contributed by atoms with Crippen LogP contribution in [0.25, 0.3) is 34.4 Å². The van der Waals surface area contributed by atoms with Crippen molar-refractivity contribution >= 4 is 25.4 Å². The molecule has 1 heterocycles. The molecular weight excluding hydrogens is 569 g/mol. The Balaban J connectivity index is 0.00000147. The van der Waals surface area contributed by atoms with Gasteiger partial charge in [0.15, 0.2) is 0 Å². The number of rotatable bonds is 6. The van der Waals surface area contributed by atoms with Crippen molar-refractivity contribution in [2.75, 3.05) is 6.16 Å². The molecule has 0 saturated carbocycles. The Morgan fingerprint density at radius 3 is 2.24 bits per heavy atom. The van der Waals surface area contributed by atoms with Crippen LogP contribution < -0.4 is 14.7 Å². The maximum absolute atomic E-state index is 2.65. The molecule has 0 amide bonds. The Hall–Kier alpha value is -2.47. The maximum atomic E-state index is 2.65. The second-order valence-corrected chi connectivity index (χ2v) is 16.1. The Morgan fingerprint density at radius 2 is 1.42 bits per heavy atom. The Morgan fingerprint density at radius 1 is 0.711 bits per heavy atom. The summed E-state index contributed by atoms with van der Waals surface area (Å²) in [6.45, 7) is 2.34. The summed E-state index contributed by atoms with van der Waals surface area (Å²) in [6.07, 6.45) is 11.6. The fourth-order valence-electron chi connectivity index (χ4n) is 6.20. The molecule has 0 N–H and O–H groups in total. The molecule has 3 atom stereocenters. The molecule has 0 fully saturated rings. The largest absolute Gasteiger partial charge is 1.00 e. The number of hydrogen-bond acceptors (Lipinski definition) is 0. The van der Waals surface area contributed by atoms with Gasteiger partial charge in [-0.1, -0.05) is 0 Å². The van der Waals surface area contributed by atoms with Gasteiger partial charge < -0.3 is 9.41 Å². The number of hydrogen-bond donors (Lipinski definition) is 0. The zero-order valence-electron chi connectivity index (χ0n) is 21.4. The van der Waals surface area contributed by atoms with E-state index in [1.165, 1.54) is 52.4 Å². The number of unbranched alkanes of at least 4 members (excludes halogenated alkanes) is 1. The molecule has 4 heteroatoms. The van der Waals surface area contributed by atoms with Crippen LogP contribution in [0.2, 0.25) is 0 Å².